The highest BCUT2D eigenvalue weighted by atomic mass is 35.5. The molecule has 0 radical (unpaired) electrons. The van der Waals surface area contributed by atoms with E-state index in [-0.39, 0.29) is 32.5 Å². The van der Waals surface area contributed by atoms with Gasteiger partial charge >= 0.3 is 0 Å². The van der Waals surface area contributed by atoms with E-state index in [1.165, 1.54) is 17.0 Å². The third-order valence-electron chi connectivity index (χ3n) is 7.02. The third-order valence-corrected chi connectivity index (χ3v) is 7.63. The summed E-state index contributed by atoms with van der Waals surface area (Å²) in [7, 11) is 5.90. The molecule has 2 aromatic carbocycles. The normalized spacial score (nSPS) is 14.0. The average Bonchev–Trinajstić information content (AvgIpc) is 2.94. The topological polar surface area (TPSA) is 99.3 Å². The van der Waals surface area contributed by atoms with E-state index in [0.29, 0.717) is 17.4 Å². The lowest BCUT2D eigenvalue weighted by Crippen LogP contribution is -2.42. The van der Waals surface area contributed by atoms with E-state index in [0.717, 1.165) is 37.4 Å². The number of aromatic nitrogens is 3. The molecule has 200 valence electrons. The zero-order valence-corrected chi connectivity index (χ0v) is 23.3. The van der Waals surface area contributed by atoms with Crippen molar-refractivity contribution in [1.82, 2.24) is 19.4 Å². The van der Waals surface area contributed by atoms with Crippen molar-refractivity contribution < 1.29 is 4.74 Å². The number of ether oxygens (including phenoxy) is 1. The quantitative estimate of drug-likeness (QED) is 0.340. The third kappa shape index (κ3) is 5.23. The first kappa shape index (κ1) is 26.8. The summed E-state index contributed by atoms with van der Waals surface area (Å²) >= 11 is 12.6. The lowest BCUT2D eigenvalue weighted by atomic mass is 10.0. The molecule has 39 heavy (non-hydrogen) atoms. The smallest absolute Gasteiger partial charge is 0.266 e. The number of pyridine rings is 1. The standard InChI is InChI=1S/C28H27Cl2N7O2/c1-35(2)19-9-11-36(12-10-19)23-8-7-18(13-24(23)39-3)33-28-32-15-20-25(34-28)17(14-31)16-37(27(20)38)26-21(29)5-4-6-22(26)30/h4-8,13,15-16,19H,9-12H2,1-3H3,(H,32,33,34). The number of nitrogens with zero attached hydrogens (tertiary/aromatic N) is 6. The van der Waals surface area contributed by atoms with E-state index >= 15 is 0 Å². The molecule has 0 unspecified atom stereocenters. The number of nitrogens with one attached hydrogen (secondary N) is 1. The van der Waals surface area contributed by atoms with E-state index in [1.54, 1.807) is 25.3 Å². The number of halogens is 2. The SMILES string of the molecule is COc1cc(Nc2ncc3c(=O)n(-c4c(Cl)cccc4Cl)cc(C#N)c3n2)ccc1N1CCC(N(C)C)CC1. The zero-order valence-electron chi connectivity index (χ0n) is 21.8. The predicted molar refractivity (Wildman–Crippen MR) is 155 cm³/mol. The van der Waals surface area contributed by atoms with Gasteiger partial charge in [-0.15, -0.1) is 0 Å². The van der Waals surface area contributed by atoms with Gasteiger partial charge in [0.1, 0.15) is 17.3 Å². The van der Waals surface area contributed by atoms with Crippen molar-refractivity contribution in [3.05, 3.63) is 74.8 Å². The van der Waals surface area contributed by atoms with Crippen molar-refractivity contribution in [2.24, 2.45) is 0 Å². The molecular formula is C28H27Cl2N7O2. The maximum Gasteiger partial charge on any atom is 0.266 e. The Morgan fingerprint density at radius 1 is 1.15 bits per heavy atom. The summed E-state index contributed by atoms with van der Waals surface area (Å²) in [5.74, 6) is 0.981. The molecule has 11 heteroatoms. The van der Waals surface area contributed by atoms with Crippen LogP contribution in [0.2, 0.25) is 10.0 Å². The van der Waals surface area contributed by atoms with Gasteiger partial charge in [0.2, 0.25) is 5.95 Å². The molecule has 1 saturated heterocycles. The van der Waals surface area contributed by atoms with Gasteiger partial charge in [-0.2, -0.15) is 5.26 Å². The number of benzene rings is 2. The van der Waals surface area contributed by atoms with Crippen LogP contribution in [0.5, 0.6) is 5.75 Å². The van der Waals surface area contributed by atoms with Crippen molar-refractivity contribution in [1.29, 1.82) is 5.26 Å². The fraction of sp³-hybridized carbons (Fsp3) is 0.286. The Hall–Kier alpha value is -3.84. The summed E-state index contributed by atoms with van der Waals surface area (Å²) < 4.78 is 6.96. The van der Waals surface area contributed by atoms with E-state index in [4.69, 9.17) is 27.9 Å². The Labute approximate surface area is 236 Å². The number of rotatable bonds is 6. The van der Waals surface area contributed by atoms with Crippen molar-refractivity contribution in [2.45, 2.75) is 18.9 Å². The Morgan fingerprint density at radius 3 is 2.51 bits per heavy atom. The van der Waals surface area contributed by atoms with Gasteiger partial charge in [0.25, 0.3) is 5.56 Å². The molecule has 1 fully saturated rings. The van der Waals surface area contributed by atoms with Crippen molar-refractivity contribution in [3.63, 3.8) is 0 Å². The minimum atomic E-state index is -0.436. The lowest BCUT2D eigenvalue weighted by Gasteiger charge is -2.37. The number of piperidine rings is 1. The molecular weight excluding hydrogens is 537 g/mol. The first-order valence-corrected chi connectivity index (χ1v) is 13.2. The number of nitriles is 1. The van der Waals surface area contributed by atoms with Crippen LogP contribution in [0.25, 0.3) is 16.6 Å². The molecule has 1 aliphatic heterocycles. The molecule has 0 bridgehead atoms. The first-order valence-electron chi connectivity index (χ1n) is 12.4. The van der Waals surface area contributed by atoms with Gasteiger partial charge < -0.3 is 19.9 Å². The predicted octanol–water partition coefficient (Wildman–Crippen LogP) is 5.24. The van der Waals surface area contributed by atoms with Crippen molar-refractivity contribution in [3.8, 4) is 17.5 Å². The summed E-state index contributed by atoms with van der Waals surface area (Å²) in [5.41, 5.74) is 2.02. The molecule has 2 aromatic heterocycles. The molecule has 0 amide bonds. The van der Waals surface area contributed by atoms with Gasteiger partial charge in [-0.25, -0.2) is 9.97 Å². The lowest BCUT2D eigenvalue weighted by molar-refractivity contribution is 0.249. The van der Waals surface area contributed by atoms with E-state index in [9.17, 15) is 10.1 Å². The van der Waals surface area contributed by atoms with Gasteiger partial charge in [0.05, 0.1) is 39.5 Å². The minimum absolute atomic E-state index is 0.171. The molecule has 1 aliphatic rings. The van der Waals surface area contributed by atoms with Gasteiger partial charge in [0.15, 0.2) is 0 Å². The fourth-order valence-electron chi connectivity index (χ4n) is 4.92. The molecule has 9 nitrogen and oxygen atoms in total. The maximum atomic E-state index is 13.3. The molecule has 1 N–H and O–H groups in total. The number of methoxy groups -OCH3 is 1. The second-order valence-corrected chi connectivity index (χ2v) is 10.4. The number of hydrogen-bond acceptors (Lipinski definition) is 8. The van der Waals surface area contributed by atoms with Crippen LogP contribution in [0.15, 0.2) is 53.6 Å². The van der Waals surface area contributed by atoms with Crippen LogP contribution in [0.3, 0.4) is 0 Å². The molecule has 0 spiro atoms. The van der Waals surface area contributed by atoms with Crippen LogP contribution < -0.4 is 20.5 Å². The summed E-state index contributed by atoms with van der Waals surface area (Å²) in [4.78, 5) is 26.8. The summed E-state index contributed by atoms with van der Waals surface area (Å²) in [6.45, 7) is 1.90. The summed E-state index contributed by atoms with van der Waals surface area (Å²) in [5, 5.41) is 13.8. The van der Waals surface area contributed by atoms with Crippen molar-refractivity contribution in [2.75, 3.05) is 44.5 Å². The number of fused-ring (bicyclic) bond motifs is 1. The first-order chi connectivity index (χ1) is 18.8. The van der Waals surface area contributed by atoms with Gasteiger partial charge in [-0.05, 0) is 51.2 Å². The van der Waals surface area contributed by atoms with E-state index < -0.39 is 5.56 Å². The number of hydrogen-bond donors (Lipinski definition) is 1. The largest absolute Gasteiger partial charge is 0.495 e. The molecule has 5 rings (SSSR count). The van der Waals surface area contributed by atoms with E-state index in [1.807, 2.05) is 18.2 Å². The summed E-state index contributed by atoms with van der Waals surface area (Å²) in [6, 6.07) is 13.5. The fourth-order valence-corrected chi connectivity index (χ4v) is 5.50. The van der Waals surface area contributed by atoms with Gasteiger partial charge in [0, 0.05) is 43.3 Å². The summed E-state index contributed by atoms with van der Waals surface area (Å²) in [6.07, 6.45) is 4.97. The van der Waals surface area contributed by atoms with Gasteiger partial charge in [-0.3, -0.25) is 9.36 Å². The number of anilines is 3. The molecule has 0 atom stereocenters. The second kappa shape index (κ2) is 11.1. The molecule has 3 heterocycles. The highest BCUT2D eigenvalue weighted by molar-refractivity contribution is 6.37. The highest BCUT2D eigenvalue weighted by Gasteiger charge is 2.23. The van der Waals surface area contributed by atoms with Crippen LogP contribution in [0, 0.1) is 11.3 Å². The second-order valence-electron chi connectivity index (χ2n) is 9.55. The average molecular weight is 564 g/mol. The van der Waals surface area contributed by atoms with Gasteiger partial charge in [-0.1, -0.05) is 29.3 Å². The Morgan fingerprint density at radius 2 is 1.87 bits per heavy atom. The maximum absolute atomic E-state index is 13.3. The van der Waals surface area contributed by atoms with E-state index in [2.05, 4.69) is 45.2 Å². The van der Waals surface area contributed by atoms with Crippen LogP contribution in [-0.2, 0) is 0 Å². The zero-order chi connectivity index (χ0) is 27.7. The molecule has 4 aromatic rings. The molecule has 0 saturated carbocycles. The molecule has 0 aliphatic carbocycles. The van der Waals surface area contributed by atoms with Crippen molar-refractivity contribution >= 4 is 51.4 Å². The van der Waals surface area contributed by atoms with Crippen LogP contribution in [0.1, 0.15) is 18.4 Å². The highest BCUT2D eigenvalue weighted by Crippen LogP contribution is 2.34. The monoisotopic (exact) mass is 563 g/mol. The Bertz CT molecular complexity index is 1620. The minimum Gasteiger partial charge on any atom is -0.495 e. The van der Waals surface area contributed by atoms with Crippen LogP contribution >= 0.6 is 23.2 Å². The van der Waals surface area contributed by atoms with Crippen LogP contribution in [-0.4, -0.2) is 59.8 Å². The van der Waals surface area contributed by atoms with Crippen LogP contribution in [0.4, 0.5) is 17.3 Å². The Balaban J connectivity index is 1.45. The number of para-hydroxylation sites is 1. The Kier molecular flexibility index (Phi) is 7.62.